The van der Waals surface area contributed by atoms with Gasteiger partial charge in [0.15, 0.2) is 5.82 Å². The molecule has 0 aromatic carbocycles. The molecule has 0 saturated heterocycles. The van der Waals surface area contributed by atoms with Crippen molar-refractivity contribution in [3.05, 3.63) is 35.7 Å². The van der Waals surface area contributed by atoms with Crippen LogP contribution in [0.3, 0.4) is 0 Å². The van der Waals surface area contributed by atoms with E-state index in [0.29, 0.717) is 11.1 Å². The van der Waals surface area contributed by atoms with Crippen molar-refractivity contribution >= 4 is 5.52 Å². The van der Waals surface area contributed by atoms with Gasteiger partial charge in [-0.3, -0.25) is 0 Å². The zero-order chi connectivity index (χ0) is 10.7. The molecule has 76 valence electrons. The van der Waals surface area contributed by atoms with Gasteiger partial charge in [-0.1, -0.05) is 13.8 Å². The molecule has 2 aromatic heterocycles. The summed E-state index contributed by atoms with van der Waals surface area (Å²) in [6.45, 7) is 5.73. The van der Waals surface area contributed by atoms with Crippen LogP contribution in [0.2, 0.25) is 0 Å². The van der Waals surface area contributed by atoms with Crippen molar-refractivity contribution in [2.24, 2.45) is 0 Å². The van der Waals surface area contributed by atoms with Gasteiger partial charge in [-0.2, -0.15) is 5.10 Å². The molecule has 0 spiro atoms. The molecule has 0 amide bonds. The Hall–Kier alpha value is -1.45. The second-order valence-electron chi connectivity index (χ2n) is 2.63. The summed E-state index contributed by atoms with van der Waals surface area (Å²) in [6.07, 6.45) is 2.64. The van der Waals surface area contributed by atoms with Crippen LogP contribution in [0.25, 0.3) is 5.52 Å². The van der Waals surface area contributed by atoms with Crippen LogP contribution in [0.4, 0.5) is 8.78 Å². The number of hydrogen-bond acceptors (Lipinski definition) is 1. The fraction of sp³-hybridized carbons (Fsp3) is 0.300. The molecule has 0 unspecified atom stereocenters. The van der Waals surface area contributed by atoms with Crippen LogP contribution in [0.5, 0.6) is 0 Å². The van der Waals surface area contributed by atoms with Gasteiger partial charge >= 0.3 is 0 Å². The first kappa shape index (κ1) is 10.6. The molecule has 2 rings (SSSR count). The van der Waals surface area contributed by atoms with Crippen molar-refractivity contribution in [3.63, 3.8) is 0 Å². The minimum atomic E-state index is -0.622. The fourth-order valence-corrected chi connectivity index (χ4v) is 1.19. The maximum Gasteiger partial charge on any atom is 0.152 e. The lowest BCUT2D eigenvalue weighted by Crippen LogP contribution is -1.92. The van der Waals surface area contributed by atoms with Gasteiger partial charge in [0.1, 0.15) is 11.3 Å². The summed E-state index contributed by atoms with van der Waals surface area (Å²) in [5.41, 5.74) is 1.03. The van der Waals surface area contributed by atoms with E-state index in [1.807, 2.05) is 13.8 Å². The van der Waals surface area contributed by atoms with E-state index in [-0.39, 0.29) is 0 Å². The van der Waals surface area contributed by atoms with Crippen LogP contribution in [-0.4, -0.2) is 9.61 Å². The molecule has 14 heavy (non-hydrogen) atoms. The molecule has 0 aliphatic rings. The molecule has 2 aromatic rings. The highest BCUT2D eigenvalue weighted by molar-refractivity contribution is 5.53. The minimum Gasteiger partial charge on any atom is -0.235 e. The van der Waals surface area contributed by atoms with Gasteiger partial charge in [0.05, 0.1) is 12.4 Å². The summed E-state index contributed by atoms with van der Waals surface area (Å²) in [4.78, 5) is 0. The number of rotatable bonds is 0. The third-order valence-electron chi connectivity index (χ3n) is 1.71. The summed E-state index contributed by atoms with van der Waals surface area (Å²) >= 11 is 0. The molecule has 0 aliphatic carbocycles. The number of pyridine rings is 1. The van der Waals surface area contributed by atoms with E-state index in [9.17, 15) is 8.78 Å². The second-order valence-corrected chi connectivity index (χ2v) is 2.63. The summed E-state index contributed by atoms with van der Waals surface area (Å²) in [6, 6.07) is 0.851. The first-order valence-corrected chi connectivity index (χ1v) is 4.47. The highest BCUT2D eigenvalue weighted by Gasteiger charge is 2.06. The zero-order valence-electron chi connectivity index (χ0n) is 8.38. The molecule has 0 bridgehead atoms. The first-order chi connectivity index (χ1) is 6.68. The average molecular weight is 198 g/mol. The van der Waals surface area contributed by atoms with Crippen molar-refractivity contribution in [3.8, 4) is 0 Å². The van der Waals surface area contributed by atoms with Gasteiger partial charge in [0, 0.05) is 6.07 Å². The Labute approximate surface area is 81.2 Å². The smallest absolute Gasteiger partial charge is 0.152 e. The normalized spacial score (nSPS) is 9.79. The third kappa shape index (κ3) is 1.73. The van der Waals surface area contributed by atoms with Gasteiger partial charge in [-0.15, -0.1) is 0 Å². The van der Waals surface area contributed by atoms with Gasteiger partial charge in [-0.25, -0.2) is 13.3 Å². The Morgan fingerprint density at radius 2 is 1.93 bits per heavy atom. The van der Waals surface area contributed by atoms with Gasteiger partial charge in [0.2, 0.25) is 0 Å². The number of fused-ring (bicyclic) bond motifs is 1. The molecule has 0 radical (unpaired) electrons. The summed E-state index contributed by atoms with van der Waals surface area (Å²) in [5.74, 6) is -1.20. The van der Waals surface area contributed by atoms with Crippen molar-refractivity contribution < 1.29 is 8.78 Å². The quantitative estimate of drug-likeness (QED) is 0.636. The number of nitrogens with zero attached hydrogens (tertiary/aromatic N) is 2. The molecular formula is C10H12F2N2. The molecule has 0 N–H and O–H groups in total. The SMILES string of the molecule is CC.Cc1cnn2cc(F)cc(F)c12. The van der Waals surface area contributed by atoms with E-state index in [2.05, 4.69) is 5.10 Å². The standard InChI is InChI=1S/C8H6F2N2.C2H6/c1-5-3-11-12-4-6(9)2-7(10)8(5)12;1-2/h2-4H,1H3;1-2H3. The van der Waals surface area contributed by atoms with Crippen LogP contribution in [0.15, 0.2) is 18.5 Å². The van der Waals surface area contributed by atoms with E-state index in [1.54, 1.807) is 6.92 Å². The van der Waals surface area contributed by atoms with E-state index in [4.69, 9.17) is 0 Å². The van der Waals surface area contributed by atoms with Crippen molar-refractivity contribution in [1.29, 1.82) is 0 Å². The highest BCUT2D eigenvalue weighted by atomic mass is 19.1. The third-order valence-corrected chi connectivity index (χ3v) is 1.71. The number of hydrogen-bond donors (Lipinski definition) is 0. The first-order valence-electron chi connectivity index (χ1n) is 4.47. The number of aromatic nitrogens is 2. The Morgan fingerprint density at radius 1 is 1.29 bits per heavy atom. The van der Waals surface area contributed by atoms with E-state index in [1.165, 1.54) is 10.7 Å². The fourth-order valence-electron chi connectivity index (χ4n) is 1.19. The van der Waals surface area contributed by atoms with E-state index < -0.39 is 11.6 Å². The van der Waals surface area contributed by atoms with Crippen molar-refractivity contribution in [2.75, 3.05) is 0 Å². The summed E-state index contributed by atoms with van der Waals surface area (Å²) in [5, 5.41) is 3.78. The molecule has 0 saturated carbocycles. The molecule has 0 aliphatic heterocycles. The van der Waals surface area contributed by atoms with Gasteiger partial charge in [0.25, 0.3) is 0 Å². The summed E-state index contributed by atoms with van der Waals surface area (Å²) in [7, 11) is 0. The second kappa shape index (κ2) is 4.17. The monoisotopic (exact) mass is 198 g/mol. The lowest BCUT2D eigenvalue weighted by Gasteiger charge is -1.95. The van der Waals surface area contributed by atoms with E-state index >= 15 is 0 Å². The Kier molecular flexibility index (Phi) is 3.17. The van der Waals surface area contributed by atoms with Crippen LogP contribution < -0.4 is 0 Å². The lowest BCUT2D eigenvalue weighted by molar-refractivity contribution is 0.573. The maximum absolute atomic E-state index is 13.0. The van der Waals surface area contributed by atoms with Crippen molar-refractivity contribution in [2.45, 2.75) is 20.8 Å². The Balaban J connectivity index is 0.000000461. The number of halogens is 2. The maximum atomic E-state index is 13.0. The Morgan fingerprint density at radius 3 is 2.57 bits per heavy atom. The molecule has 0 atom stereocenters. The molecule has 4 heteroatoms. The predicted molar refractivity (Wildman–Crippen MR) is 51.2 cm³/mol. The average Bonchev–Trinajstić information content (AvgIpc) is 2.51. The molecule has 0 fully saturated rings. The van der Waals surface area contributed by atoms with Crippen LogP contribution in [-0.2, 0) is 0 Å². The van der Waals surface area contributed by atoms with E-state index in [0.717, 1.165) is 12.3 Å². The van der Waals surface area contributed by atoms with Crippen LogP contribution >= 0.6 is 0 Å². The zero-order valence-corrected chi connectivity index (χ0v) is 8.38. The predicted octanol–water partition coefficient (Wildman–Crippen LogP) is 2.95. The Bertz CT molecular complexity index is 435. The topological polar surface area (TPSA) is 17.3 Å². The van der Waals surface area contributed by atoms with Crippen LogP contribution in [0.1, 0.15) is 19.4 Å². The van der Waals surface area contributed by atoms with Crippen molar-refractivity contribution in [1.82, 2.24) is 9.61 Å². The number of aryl methyl sites for hydroxylation is 1. The summed E-state index contributed by atoms with van der Waals surface area (Å²) < 4.78 is 26.8. The van der Waals surface area contributed by atoms with Gasteiger partial charge < -0.3 is 0 Å². The van der Waals surface area contributed by atoms with Crippen LogP contribution in [0, 0.1) is 18.6 Å². The molecular weight excluding hydrogens is 186 g/mol. The largest absolute Gasteiger partial charge is 0.235 e. The molecule has 2 nitrogen and oxygen atoms in total. The molecule has 2 heterocycles. The van der Waals surface area contributed by atoms with Gasteiger partial charge in [-0.05, 0) is 12.5 Å². The lowest BCUT2D eigenvalue weighted by atomic mass is 10.3. The highest BCUT2D eigenvalue weighted by Crippen LogP contribution is 2.14. The minimum absolute atomic E-state index is 0.330.